The second-order valence-corrected chi connectivity index (χ2v) is 7.61. The molecule has 164 valence electrons. The smallest absolute Gasteiger partial charge is 0.273 e. The molecule has 0 saturated carbocycles. The van der Waals surface area contributed by atoms with Crippen molar-refractivity contribution in [3.8, 4) is 0 Å². The van der Waals surface area contributed by atoms with Gasteiger partial charge in [-0.3, -0.25) is 14.6 Å². The van der Waals surface area contributed by atoms with E-state index in [0.717, 1.165) is 45.0 Å². The number of carbonyl (C=O) groups excluding carboxylic acids is 1. The summed E-state index contributed by atoms with van der Waals surface area (Å²) in [5, 5.41) is 3.46. The van der Waals surface area contributed by atoms with Crippen molar-refractivity contribution >= 4 is 17.5 Å². The Morgan fingerprint density at radius 1 is 1.33 bits per heavy atom. The number of ether oxygens (including phenoxy) is 2. The fourth-order valence-electron chi connectivity index (χ4n) is 3.25. The maximum atomic E-state index is 12.1. The van der Waals surface area contributed by atoms with E-state index in [1.807, 2.05) is 18.2 Å². The van der Waals surface area contributed by atoms with Gasteiger partial charge in [0, 0.05) is 51.4 Å². The highest BCUT2D eigenvalue weighted by atomic mass is 35.5. The van der Waals surface area contributed by atoms with Crippen LogP contribution in [0.3, 0.4) is 0 Å². The van der Waals surface area contributed by atoms with E-state index in [1.165, 1.54) is 6.26 Å². The van der Waals surface area contributed by atoms with Crippen molar-refractivity contribution in [2.45, 2.75) is 13.1 Å². The van der Waals surface area contributed by atoms with Gasteiger partial charge in [-0.1, -0.05) is 23.7 Å². The van der Waals surface area contributed by atoms with Crippen LogP contribution in [0.5, 0.6) is 0 Å². The molecule has 0 bridgehead atoms. The number of hydrogen-bond donors (Lipinski definition) is 1. The van der Waals surface area contributed by atoms with Gasteiger partial charge in [0.1, 0.15) is 6.26 Å². The molecule has 2 heterocycles. The Bertz CT molecular complexity index is 795. The van der Waals surface area contributed by atoms with E-state index in [0.29, 0.717) is 37.2 Å². The average molecular weight is 437 g/mol. The Hall–Kier alpha value is -1.97. The molecule has 1 fully saturated rings. The highest BCUT2D eigenvalue weighted by molar-refractivity contribution is 6.30. The predicted octanol–water partition coefficient (Wildman–Crippen LogP) is 2.04. The molecule has 0 aliphatic carbocycles. The Morgan fingerprint density at radius 3 is 2.93 bits per heavy atom. The van der Waals surface area contributed by atoms with E-state index in [4.69, 9.17) is 25.5 Å². The predicted molar refractivity (Wildman–Crippen MR) is 114 cm³/mol. The van der Waals surface area contributed by atoms with Gasteiger partial charge in [0.15, 0.2) is 5.69 Å². The molecule has 0 unspecified atom stereocenters. The van der Waals surface area contributed by atoms with Crippen LogP contribution in [0.2, 0.25) is 5.02 Å². The molecule has 8 nitrogen and oxygen atoms in total. The van der Waals surface area contributed by atoms with Crippen molar-refractivity contribution in [2.24, 2.45) is 0 Å². The molecule has 1 aliphatic heterocycles. The highest BCUT2D eigenvalue weighted by Crippen LogP contribution is 2.15. The van der Waals surface area contributed by atoms with Crippen molar-refractivity contribution in [3.63, 3.8) is 0 Å². The van der Waals surface area contributed by atoms with E-state index >= 15 is 0 Å². The van der Waals surface area contributed by atoms with E-state index in [2.05, 4.69) is 26.2 Å². The lowest BCUT2D eigenvalue weighted by Gasteiger charge is -2.29. The van der Waals surface area contributed by atoms with Gasteiger partial charge in [-0.25, -0.2) is 4.98 Å². The topological polar surface area (TPSA) is 80.1 Å². The van der Waals surface area contributed by atoms with Gasteiger partial charge in [-0.15, -0.1) is 0 Å². The van der Waals surface area contributed by atoms with Gasteiger partial charge in [0.2, 0.25) is 5.89 Å². The standard InChI is InChI=1S/C21H29ClN4O4/c1-28-10-5-23-21(27)19-16-30-20(24-19)15-26(7-6-25-8-11-29-12-9-25)14-17-3-2-4-18(22)13-17/h2-4,13,16H,5-12,14-15H2,1H3,(H,23,27). The summed E-state index contributed by atoms with van der Waals surface area (Å²) < 4.78 is 15.9. The number of oxazole rings is 1. The van der Waals surface area contributed by atoms with Gasteiger partial charge < -0.3 is 19.2 Å². The number of methoxy groups -OCH3 is 1. The number of morpholine rings is 1. The summed E-state index contributed by atoms with van der Waals surface area (Å²) in [6.07, 6.45) is 1.40. The Kier molecular flexibility index (Phi) is 9.10. The van der Waals surface area contributed by atoms with Crippen molar-refractivity contribution in [1.29, 1.82) is 0 Å². The second-order valence-electron chi connectivity index (χ2n) is 7.17. The van der Waals surface area contributed by atoms with E-state index in [1.54, 1.807) is 7.11 Å². The maximum Gasteiger partial charge on any atom is 0.273 e. The quantitative estimate of drug-likeness (QED) is 0.540. The van der Waals surface area contributed by atoms with Gasteiger partial charge in [-0.2, -0.15) is 0 Å². The third-order valence-electron chi connectivity index (χ3n) is 4.87. The summed E-state index contributed by atoms with van der Waals surface area (Å²) in [5.41, 5.74) is 1.39. The lowest BCUT2D eigenvalue weighted by molar-refractivity contribution is 0.0320. The lowest BCUT2D eigenvalue weighted by atomic mass is 10.2. The number of rotatable bonds is 11. The summed E-state index contributed by atoms with van der Waals surface area (Å²) in [6, 6.07) is 7.84. The number of nitrogens with one attached hydrogen (secondary N) is 1. The number of amides is 1. The molecule has 0 radical (unpaired) electrons. The first kappa shape index (κ1) is 22.7. The molecule has 9 heteroatoms. The summed E-state index contributed by atoms with van der Waals surface area (Å²) in [6.45, 7) is 7.28. The molecule has 30 heavy (non-hydrogen) atoms. The van der Waals surface area contributed by atoms with E-state index in [9.17, 15) is 4.79 Å². The molecule has 1 N–H and O–H groups in total. The lowest BCUT2D eigenvalue weighted by Crippen LogP contribution is -2.41. The third-order valence-corrected chi connectivity index (χ3v) is 5.10. The summed E-state index contributed by atoms with van der Waals surface area (Å²) >= 11 is 6.15. The zero-order valence-electron chi connectivity index (χ0n) is 17.3. The largest absolute Gasteiger partial charge is 0.447 e. The summed E-state index contributed by atoms with van der Waals surface area (Å²) in [7, 11) is 1.59. The third kappa shape index (κ3) is 7.37. The number of benzene rings is 1. The van der Waals surface area contributed by atoms with Crippen molar-refractivity contribution in [3.05, 3.63) is 52.7 Å². The van der Waals surface area contributed by atoms with Crippen LogP contribution in [-0.2, 0) is 22.6 Å². The molecule has 1 aliphatic rings. The molecular weight excluding hydrogens is 408 g/mol. The molecule has 0 atom stereocenters. The average Bonchev–Trinajstić information content (AvgIpc) is 3.21. The monoisotopic (exact) mass is 436 g/mol. The zero-order valence-corrected chi connectivity index (χ0v) is 18.1. The van der Waals surface area contributed by atoms with Gasteiger partial charge >= 0.3 is 0 Å². The van der Waals surface area contributed by atoms with Gasteiger partial charge in [0.25, 0.3) is 5.91 Å². The highest BCUT2D eigenvalue weighted by Gasteiger charge is 2.17. The van der Waals surface area contributed by atoms with Gasteiger partial charge in [-0.05, 0) is 17.7 Å². The van der Waals surface area contributed by atoms with Crippen LogP contribution >= 0.6 is 11.6 Å². The van der Waals surface area contributed by atoms with Crippen LogP contribution in [0.25, 0.3) is 0 Å². The first-order chi connectivity index (χ1) is 14.6. The minimum atomic E-state index is -0.267. The zero-order chi connectivity index (χ0) is 21.2. The Balaban J connectivity index is 1.61. The minimum absolute atomic E-state index is 0.267. The van der Waals surface area contributed by atoms with Crippen molar-refractivity contribution < 1.29 is 18.7 Å². The van der Waals surface area contributed by atoms with E-state index < -0.39 is 0 Å². The summed E-state index contributed by atoms with van der Waals surface area (Å²) in [5.74, 6) is 0.243. The number of halogens is 1. The number of carbonyl (C=O) groups is 1. The van der Waals surface area contributed by atoms with Crippen LogP contribution in [0.15, 0.2) is 34.9 Å². The molecular formula is C21H29ClN4O4. The van der Waals surface area contributed by atoms with Gasteiger partial charge in [0.05, 0.1) is 26.4 Å². The fraction of sp³-hybridized carbons (Fsp3) is 0.524. The first-order valence-corrected chi connectivity index (χ1v) is 10.5. The van der Waals surface area contributed by atoms with E-state index in [-0.39, 0.29) is 11.6 Å². The Morgan fingerprint density at radius 2 is 2.17 bits per heavy atom. The number of hydrogen-bond acceptors (Lipinski definition) is 7. The maximum absolute atomic E-state index is 12.1. The van der Waals surface area contributed by atoms with Crippen LogP contribution in [0.4, 0.5) is 0 Å². The molecule has 2 aromatic rings. The van der Waals surface area contributed by atoms with Crippen molar-refractivity contribution in [1.82, 2.24) is 20.1 Å². The SMILES string of the molecule is COCCNC(=O)c1coc(CN(CCN2CCOCC2)Cc2cccc(Cl)c2)n1. The number of aromatic nitrogens is 1. The molecule has 3 rings (SSSR count). The molecule has 1 aromatic heterocycles. The molecule has 1 amide bonds. The van der Waals surface area contributed by atoms with Crippen molar-refractivity contribution in [2.75, 3.05) is 59.7 Å². The first-order valence-electron chi connectivity index (χ1n) is 10.1. The van der Waals surface area contributed by atoms with Crippen LogP contribution < -0.4 is 5.32 Å². The Labute approximate surface area is 182 Å². The molecule has 0 spiro atoms. The molecule has 1 aromatic carbocycles. The van der Waals surface area contributed by atoms with Crippen LogP contribution in [0, 0.1) is 0 Å². The number of nitrogens with zero attached hydrogens (tertiary/aromatic N) is 3. The normalized spacial score (nSPS) is 14.9. The van der Waals surface area contributed by atoms with Crippen LogP contribution in [-0.4, -0.2) is 80.3 Å². The van der Waals surface area contributed by atoms with Crippen LogP contribution in [0.1, 0.15) is 21.9 Å². The minimum Gasteiger partial charge on any atom is -0.447 e. The summed E-state index contributed by atoms with van der Waals surface area (Å²) in [4.78, 5) is 21.1. The molecule has 1 saturated heterocycles. The second kappa shape index (κ2) is 12.0. The fourth-order valence-corrected chi connectivity index (χ4v) is 3.46.